The van der Waals surface area contributed by atoms with E-state index in [1.54, 1.807) is 0 Å². The number of ether oxygens (including phenoxy) is 2. The first-order chi connectivity index (χ1) is 19.1. The second-order valence-corrected chi connectivity index (χ2v) is 14.4. The highest BCUT2D eigenvalue weighted by atomic mass is 28.3. The molecular weight excluding hydrogens is 494 g/mol. The van der Waals surface area contributed by atoms with Crippen LogP contribution in [0.1, 0.15) is 63.5 Å². The highest BCUT2D eigenvalue weighted by Crippen LogP contribution is 2.36. The summed E-state index contributed by atoms with van der Waals surface area (Å²) in [4.78, 5) is 5.05. The molecule has 0 saturated carbocycles. The minimum atomic E-state index is -2.64. The van der Waals surface area contributed by atoms with Crippen LogP contribution in [0, 0.1) is 13.8 Å². The van der Waals surface area contributed by atoms with Crippen molar-refractivity contribution in [1.82, 2.24) is 4.98 Å². The number of hydrogen-bond acceptors (Lipinski definition) is 3. The monoisotopic (exact) mass is 535 g/mol. The molecule has 3 nitrogen and oxygen atoms in total. The van der Waals surface area contributed by atoms with Gasteiger partial charge in [0.25, 0.3) is 0 Å². The zero-order valence-electron chi connectivity index (χ0n) is 23.9. The zero-order valence-corrected chi connectivity index (χ0v) is 24.9. The Labute approximate surface area is 235 Å². The summed E-state index contributed by atoms with van der Waals surface area (Å²) in [6.07, 6.45) is 8.86. The van der Waals surface area contributed by atoms with Crippen molar-refractivity contribution in [3.63, 3.8) is 0 Å². The maximum absolute atomic E-state index is 6.37. The number of aryl methyl sites for hydroxylation is 2. The largest absolute Gasteiger partial charge is 0.493 e. The van der Waals surface area contributed by atoms with Crippen LogP contribution in [-0.2, 0) is 0 Å². The quantitative estimate of drug-likeness (QED) is 0.141. The summed E-state index contributed by atoms with van der Waals surface area (Å²) in [5.41, 5.74) is 4.91. The predicted octanol–water partition coefficient (Wildman–Crippen LogP) is 6.19. The van der Waals surface area contributed by atoms with Gasteiger partial charge in [-0.2, -0.15) is 0 Å². The Morgan fingerprint density at radius 2 is 1.18 bits per heavy atom. The number of unbranched alkanes of at least 4 members (excludes halogenated alkanes) is 4. The van der Waals surface area contributed by atoms with Gasteiger partial charge in [-0.3, -0.25) is 4.98 Å². The maximum atomic E-state index is 6.37. The Morgan fingerprint density at radius 3 is 1.67 bits per heavy atom. The molecule has 1 aliphatic heterocycles. The van der Waals surface area contributed by atoms with E-state index in [-0.39, 0.29) is 0 Å². The summed E-state index contributed by atoms with van der Waals surface area (Å²) in [5.74, 6) is 1.97. The van der Waals surface area contributed by atoms with Gasteiger partial charge >= 0.3 is 0 Å². The van der Waals surface area contributed by atoms with E-state index in [1.807, 2.05) is 12.3 Å². The molecule has 5 rings (SSSR count). The van der Waals surface area contributed by atoms with Crippen LogP contribution < -0.4 is 30.4 Å². The van der Waals surface area contributed by atoms with Crippen molar-refractivity contribution in [3.05, 3.63) is 90.1 Å². The van der Waals surface area contributed by atoms with Crippen LogP contribution in [0.2, 0.25) is 0 Å². The molecule has 0 saturated heterocycles. The molecule has 4 aromatic rings. The average Bonchev–Trinajstić information content (AvgIpc) is 3.23. The predicted molar refractivity (Wildman–Crippen MR) is 166 cm³/mol. The molecule has 3 aromatic carbocycles. The molecule has 0 amide bonds. The smallest absolute Gasteiger partial charge is 0.203 e. The number of rotatable bonds is 12. The number of hydrogen-bond donors (Lipinski definition) is 0. The summed E-state index contributed by atoms with van der Waals surface area (Å²) < 4.78 is 12.7. The van der Waals surface area contributed by atoms with Gasteiger partial charge in [0.15, 0.2) is 0 Å². The van der Waals surface area contributed by atoms with Crippen LogP contribution in [0.5, 0.6) is 11.5 Å². The van der Waals surface area contributed by atoms with E-state index in [4.69, 9.17) is 14.5 Å². The lowest BCUT2D eigenvalue weighted by Crippen LogP contribution is -2.73. The molecule has 39 heavy (non-hydrogen) atoms. The van der Waals surface area contributed by atoms with E-state index in [2.05, 4.69) is 94.4 Å². The fraction of sp³-hybridized carbons (Fsp3) is 0.343. The lowest BCUT2D eigenvalue weighted by atomic mass is 10.0. The Balaban J connectivity index is 1.73. The van der Waals surface area contributed by atoms with Gasteiger partial charge in [-0.1, -0.05) is 88.1 Å². The highest BCUT2D eigenvalue weighted by molar-refractivity contribution is 7.21. The Bertz CT molecular complexity index is 1290. The Hall–Kier alpha value is -3.37. The third-order valence-electron chi connectivity index (χ3n) is 8.00. The molecule has 4 heteroatoms. The van der Waals surface area contributed by atoms with E-state index >= 15 is 0 Å². The first-order valence-corrected chi connectivity index (χ1v) is 16.6. The van der Waals surface area contributed by atoms with Crippen molar-refractivity contribution in [2.45, 2.75) is 66.2 Å². The van der Waals surface area contributed by atoms with Crippen LogP contribution in [0.3, 0.4) is 0 Å². The average molecular weight is 536 g/mol. The molecule has 0 N–H and O–H groups in total. The minimum absolute atomic E-state index is 0.751. The molecular formula is C35H41NO2Si. The second-order valence-electron chi connectivity index (χ2n) is 10.8. The lowest BCUT2D eigenvalue weighted by molar-refractivity contribution is 0.304. The topological polar surface area (TPSA) is 31.4 Å². The molecule has 0 spiro atoms. The standard InChI is InChI=1S/C35H41NO2Si/c1-5-7-14-20-37-31-24-29-30-25-32(38-21-15-8-6-2)27(4)23-34(30)39(33(29)22-26(31)3,28-16-10-9-11-17-28)35-18-12-13-19-36-35/h9-13,16-19,22-25H,5-8,14-15,20-21H2,1-4H3. The molecule has 0 aliphatic carbocycles. The molecule has 0 radical (unpaired) electrons. The van der Waals surface area contributed by atoms with Gasteiger partial charge in [0.1, 0.15) is 11.5 Å². The van der Waals surface area contributed by atoms with E-state index in [0.29, 0.717) is 0 Å². The Kier molecular flexibility index (Phi) is 8.52. The maximum Gasteiger partial charge on any atom is 0.203 e. The highest BCUT2D eigenvalue weighted by Gasteiger charge is 2.50. The van der Waals surface area contributed by atoms with E-state index in [9.17, 15) is 0 Å². The summed E-state index contributed by atoms with van der Waals surface area (Å²) in [7, 11) is -2.64. The number of benzene rings is 3. The van der Waals surface area contributed by atoms with Gasteiger partial charge < -0.3 is 9.47 Å². The van der Waals surface area contributed by atoms with Crippen molar-refractivity contribution in [2.24, 2.45) is 0 Å². The van der Waals surface area contributed by atoms with Gasteiger partial charge in [-0.15, -0.1) is 0 Å². The van der Waals surface area contributed by atoms with Crippen molar-refractivity contribution in [2.75, 3.05) is 13.2 Å². The van der Waals surface area contributed by atoms with Crippen LogP contribution in [0.4, 0.5) is 0 Å². The molecule has 202 valence electrons. The summed E-state index contributed by atoms with van der Waals surface area (Å²) in [6, 6.07) is 26.8. The molecule has 1 aromatic heterocycles. The molecule has 0 fully saturated rings. The fourth-order valence-corrected chi connectivity index (χ4v) is 11.1. The van der Waals surface area contributed by atoms with Crippen molar-refractivity contribution < 1.29 is 9.47 Å². The summed E-state index contributed by atoms with van der Waals surface area (Å²) >= 11 is 0. The zero-order chi connectivity index (χ0) is 27.2. The van der Waals surface area contributed by atoms with Crippen LogP contribution in [0.25, 0.3) is 11.1 Å². The summed E-state index contributed by atoms with van der Waals surface area (Å²) in [6.45, 7) is 10.3. The van der Waals surface area contributed by atoms with Gasteiger partial charge in [0.05, 0.1) is 13.2 Å². The molecule has 2 heterocycles. The molecule has 0 unspecified atom stereocenters. The van der Waals surface area contributed by atoms with Gasteiger partial charge in [-0.25, -0.2) is 0 Å². The normalized spacial score (nSPS) is 13.1. The van der Waals surface area contributed by atoms with Crippen molar-refractivity contribution >= 4 is 29.0 Å². The van der Waals surface area contributed by atoms with Crippen LogP contribution >= 0.6 is 0 Å². The number of aromatic nitrogens is 1. The van der Waals surface area contributed by atoms with Gasteiger partial charge in [0.2, 0.25) is 8.07 Å². The van der Waals surface area contributed by atoms with E-state index in [1.165, 1.54) is 68.8 Å². The van der Waals surface area contributed by atoms with Crippen LogP contribution in [0.15, 0.2) is 79.0 Å². The number of pyridine rings is 1. The summed E-state index contributed by atoms with van der Waals surface area (Å²) in [5, 5.41) is 5.31. The second kappa shape index (κ2) is 12.2. The Morgan fingerprint density at radius 1 is 0.641 bits per heavy atom. The first-order valence-electron chi connectivity index (χ1n) is 14.6. The lowest BCUT2D eigenvalue weighted by Gasteiger charge is -2.30. The van der Waals surface area contributed by atoms with Crippen molar-refractivity contribution in [1.29, 1.82) is 0 Å². The molecule has 1 aliphatic rings. The number of fused-ring (bicyclic) bond motifs is 3. The van der Waals surface area contributed by atoms with E-state index in [0.717, 1.165) is 37.6 Å². The minimum Gasteiger partial charge on any atom is -0.493 e. The first kappa shape index (κ1) is 27.2. The van der Waals surface area contributed by atoms with Crippen molar-refractivity contribution in [3.8, 4) is 22.6 Å². The number of nitrogens with zero attached hydrogens (tertiary/aromatic N) is 1. The molecule has 0 bridgehead atoms. The van der Waals surface area contributed by atoms with Gasteiger partial charge in [0, 0.05) is 11.5 Å². The van der Waals surface area contributed by atoms with E-state index < -0.39 is 8.07 Å². The molecule has 0 atom stereocenters. The van der Waals surface area contributed by atoms with Gasteiger partial charge in [-0.05, 0) is 88.8 Å². The SMILES string of the molecule is CCCCCOc1cc2c(cc1C)[Si](c1ccccc1)(c1ccccn1)c1cc(C)c(OCCCCC)cc1-2. The third kappa shape index (κ3) is 5.15. The van der Waals surface area contributed by atoms with Crippen LogP contribution in [-0.4, -0.2) is 26.3 Å². The fourth-order valence-electron chi connectivity index (χ4n) is 5.97. The third-order valence-corrected chi connectivity index (χ3v) is 12.7.